The van der Waals surface area contributed by atoms with Crippen LogP contribution in [-0.2, 0) is 20.8 Å². The summed E-state index contributed by atoms with van der Waals surface area (Å²) >= 11 is 0. The molecule has 2 aromatic carbocycles. The van der Waals surface area contributed by atoms with Crippen LogP contribution in [0, 0.1) is 0 Å². The van der Waals surface area contributed by atoms with E-state index in [-0.39, 0.29) is 18.4 Å². The Morgan fingerprint density at radius 1 is 0.773 bits per heavy atom. The molecule has 1 aliphatic rings. The largest absolute Gasteiger partial charge is 0.444 e. The zero-order chi connectivity index (χ0) is 32.9. The summed E-state index contributed by atoms with van der Waals surface area (Å²) in [6, 6.07) is 14.6. The van der Waals surface area contributed by atoms with Gasteiger partial charge in [-0.1, -0.05) is 30.3 Å². The minimum Gasteiger partial charge on any atom is -0.444 e. The first kappa shape index (κ1) is 34.4. The monoisotopic (exact) mass is 609 g/mol. The molecule has 4 amide bonds. The van der Waals surface area contributed by atoms with Crippen molar-refractivity contribution in [1.82, 2.24) is 9.80 Å². The summed E-state index contributed by atoms with van der Waals surface area (Å²) in [5, 5.41) is 2.69. The molecule has 2 aromatic rings. The number of hydrogen-bond donors (Lipinski definition) is 1. The number of likely N-dealkylation sites (tertiary alicyclic amines) is 1. The molecule has 1 N–H and O–H groups in total. The third-order valence-electron chi connectivity index (χ3n) is 6.53. The second kappa shape index (κ2) is 13.7. The molecule has 0 unspecified atom stereocenters. The molecule has 3 rings (SSSR count). The number of ether oxygens (including phenoxy) is 3. The summed E-state index contributed by atoms with van der Waals surface area (Å²) in [7, 11) is 0. The Morgan fingerprint density at radius 3 is 1.86 bits per heavy atom. The van der Waals surface area contributed by atoms with Gasteiger partial charge in [-0.15, -0.1) is 0 Å². The van der Waals surface area contributed by atoms with Crippen molar-refractivity contribution in [3.63, 3.8) is 0 Å². The maximum absolute atomic E-state index is 13.3. The minimum absolute atomic E-state index is 0.00265. The lowest BCUT2D eigenvalue weighted by Crippen LogP contribution is -2.43. The van der Waals surface area contributed by atoms with Crippen molar-refractivity contribution in [2.45, 2.75) is 104 Å². The Hall–Kier alpha value is -4.08. The van der Waals surface area contributed by atoms with Crippen molar-refractivity contribution in [2.24, 2.45) is 0 Å². The predicted molar refractivity (Wildman–Crippen MR) is 169 cm³/mol. The number of hydrogen-bond acceptors (Lipinski definition) is 7. The maximum Gasteiger partial charge on any atom is 0.420 e. The number of nitrogens with one attached hydrogen (secondary N) is 1. The Kier molecular flexibility index (Phi) is 10.7. The van der Waals surface area contributed by atoms with Crippen LogP contribution in [0.1, 0.15) is 103 Å². The third-order valence-corrected chi connectivity index (χ3v) is 6.53. The molecule has 0 atom stereocenters. The van der Waals surface area contributed by atoms with Gasteiger partial charge in [-0.05, 0) is 110 Å². The lowest BCUT2D eigenvalue weighted by molar-refractivity contribution is -0.000311. The standard InChI is InChI=1S/C34H47N3O7/c1-32(2,3)42-29(39)35-27-15-11-14-26(21-27)28(38)36-18-16-24(17-19-36)25-13-10-12-23(20-25)22-37(30(40)43-33(4,5)6)31(41)44-34(7,8)9/h10-15,20-21,24H,16-19,22H2,1-9H3,(H,35,39). The van der Waals surface area contributed by atoms with E-state index in [0.717, 1.165) is 28.9 Å². The highest BCUT2D eigenvalue weighted by molar-refractivity contribution is 5.96. The number of imide groups is 1. The third kappa shape index (κ3) is 10.9. The molecule has 1 aliphatic heterocycles. The number of amides is 4. The van der Waals surface area contributed by atoms with Crippen molar-refractivity contribution in [2.75, 3.05) is 18.4 Å². The molecule has 0 radical (unpaired) electrons. The summed E-state index contributed by atoms with van der Waals surface area (Å²) in [5.41, 5.74) is 0.642. The molecule has 1 fully saturated rings. The van der Waals surface area contributed by atoms with Gasteiger partial charge in [0.15, 0.2) is 0 Å². The Bertz CT molecular complexity index is 1320. The fourth-order valence-electron chi connectivity index (χ4n) is 4.72. The molecule has 0 aliphatic carbocycles. The molecule has 10 heteroatoms. The molecule has 1 heterocycles. The first-order valence-electron chi connectivity index (χ1n) is 15.0. The topological polar surface area (TPSA) is 114 Å². The van der Waals surface area contributed by atoms with Gasteiger partial charge in [-0.2, -0.15) is 0 Å². The Labute approximate surface area is 261 Å². The molecule has 44 heavy (non-hydrogen) atoms. The Morgan fingerprint density at radius 2 is 1.32 bits per heavy atom. The van der Waals surface area contributed by atoms with Crippen LogP contribution in [0.2, 0.25) is 0 Å². The van der Waals surface area contributed by atoms with Gasteiger partial charge in [-0.25, -0.2) is 19.3 Å². The summed E-state index contributed by atoms with van der Waals surface area (Å²) < 4.78 is 16.3. The molecular formula is C34H47N3O7. The lowest BCUT2D eigenvalue weighted by Gasteiger charge is -2.33. The van der Waals surface area contributed by atoms with E-state index in [0.29, 0.717) is 24.3 Å². The van der Waals surface area contributed by atoms with Crippen LogP contribution in [0.4, 0.5) is 20.1 Å². The van der Waals surface area contributed by atoms with Crippen LogP contribution < -0.4 is 5.32 Å². The van der Waals surface area contributed by atoms with Crippen LogP contribution in [0.3, 0.4) is 0 Å². The molecular weight excluding hydrogens is 562 g/mol. The summed E-state index contributed by atoms with van der Waals surface area (Å²) in [4.78, 5) is 54.2. The van der Waals surface area contributed by atoms with Crippen LogP contribution >= 0.6 is 0 Å². The number of rotatable bonds is 5. The molecule has 10 nitrogen and oxygen atoms in total. The highest BCUT2D eigenvalue weighted by atomic mass is 16.6. The van der Waals surface area contributed by atoms with Gasteiger partial charge in [0.05, 0.1) is 6.54 Å². The summed E-state index contributed by atoms with van der Waals surface area (Å²) in [6.45, 7) is 17.0. The minimum atomic E-state index is -0.777. The van der Waals surface area contributed by atoms with Crippen LogP contribution in [0.25, 0.3) is 0 Å². The Balaban J connectivity index is 1.66. The predicted octanol–water partition coefficient (Wildman–Crippen LogP) is 7.73. The first-order chi connectivity index (χ1) is 20.3. The van der Waals surface area contributed by atoms with Gasteiger partial charge in [0.25, 0.3) is 5.91 Å². The first-order valence-corrected chi connectivity index (χ1v) is 15.0. The average Bonchev–Trinajstić information content (AvgIpc) is 2.88. The van der Waals surface area contributed by atoms with Gasteiger partial charge in [0, 0.05) is 24.3 Å². The number of piperidine rings is 1. The number of nitrogens with zero attached hydrogens (tertiary/aromatic N) is 2. The quantitative estimate of drug-likeness (QED) is 0.345. The fraction of sp³-hybridized carbons (Fsp3) is 0.529. The van der Waals surface area contributed by atoms with Crippen molar-refractivity contribution in [3.8, 4) is 0 Å². The number of carbonyl (C=O) groups is 4. The van der Waals surface area contributed by atoms with Gasteiger partial charge in [0.2, 0.25) is 0 Å². The van der Waals surface area contributed by atoms with E-state index in [9.17, 15) is 19.2 Å². The second-order valence-corrected chi connectivity index (χ2v) is 14.1. The van der Waals surface area contributed by atoms with Gasteiger partial charge in [-0.3, -0.25) is 10.1 Å². The van der Waals surface area contributed by atoms with Gasteiger partial charge in [0.1, 0.15) is 16.8 Å². The molecule has 0 aromatic heterocycles. The van der Waals surface area contributed by atoms with E-state index in [1.807, 2.05) is 29.2 Å². The second-order valence-electron chi connectivity index (χ2n) is 14.1. The smallest absolute Gasteiger partial charge is 0.420 e. The van der Waals surface area contributed by atoms with Crippen LogP contribution in [0.5, 0.6) is 0 Å². The molecule has 0 spiro atoms. The maximum atomic E-state index is 13.3. The highest BCUT2D eigenvalue weighted by Crippen LogP contribution is 2.30. The van der Waals surface area contributed by atoms with Crippen LogP contribution in [0.15, 0.2) is 48.5 Å². The highest BCUT2D eigenvalue weighted by Gasteiger charge is 2.32. The SMILES string of the molecule is CC(C)(C)OC(=O)Nc1cccc(C(=O)N2CCC(c3cccc(CN(C(=O)OC(C)(C)C)C(=O)OC(C)(C)C)c3)CC2)c1. The van der Waals surface area contributed by atoms with E-state index >= 15 is 0 Å². The lowest BCUT2D eigenvalue weighted by atomic mass is 9.88. The fourth-order valence-corrected chi connectivity index (χ4v) is 4.72. The number of benzene rings is 2. The van der Waals surface area contributed by atoms with Gasteiger partial charge < -0.3 is 19.1 Å². The van der Waals surface area contributed by atoms with E-state index < -0.39 is 35.1 Å². The normalized spacial score (nSPS) is 14.4. The van der Waals surface area contributed by atoms with Crippen molar-refractivity contribution in [1.29, 1.82) is 0 Å². The van der Waals surface area contributed by atoms with Crippen LogP contribution in [-0.4, -0.2) is 63.9 Å². The summed E-state index contributed by atoms with van der Waals surface area (Å²) in [5.74, 6) is 0.103. The van der Waals surface area contributed by atoms with Crippen molar-refractivity contribution < 1.29 is 33.4 Å². The van der Waals surface area contributed by atoms with E-state index in [1.54, 1.807) is 86.6 Å². The summed E-state index contributed by atoms with van der Waals surface area (Å²) in [6.07, 6.45) is -0.603. The zero-order valence-corrected chi connectivity index (χ0v) is 27.5. The van der Waals surface area contributed by atoms with E-state index in [1.165, 1.54) is 0 Å². The molecule has 0 saturated carbocycles. The zero-order valence-electron chi connectivity index (χ0n) is 27.5. The van der Waals surface area contributed by atoms with E-state index in [2.05, 4.69) is 5.32 Å². The van der Waals surface area contributed by atoms with Gasteiger partial charge >= 0.3 is 18.3 Å². The number of carbonyl (C=O) groups excluding carboxylic acids is 4. The number of anilines is 1. The van der Waals surface area contributed by atoms with Crippen molar-refractivity contribution >= 4 is 29.9 Å². The average molecular weight is 610 g/mol. The molecule has 0 bridgehead atoms. The molecule has 240 valence electrons. The molecule has 1 saturated heterocycles. The van der Waals surface area contributed by atoms with Crippen molar-refractivity contribution in [3.05, 3.63) is 65.2 Å². The van der Waals surface area contributed by atoms with E-state index in [4.69, 9.17) is 14.2 Å².